The van der Waals surface area contributed by atoms with Gasteiger partial charge in [0.05, 0.1) is 0 Å². The average molecular weight is 290 g/mol. The Labute approximate surface area is 129 Å². The van der Waals surface area contributed by atoms with E-state index >= 15 is 0 Å². The minimum atomic E-state index is 0. The van der Waals surface area contributed by atoms with Crippen LogP contribution in [0.2, 0.25) is 0 Å². The maximum absolute atomic E-state index is 2.41. The molecule has 0 saturated carbocycles. The molecule has 0 aliphatic heterocycles. The second-order valence-corrected chi connectivity index (χ2v) is 5.18. The number of hydrogen-bond acceptors (Lipinski definition) is 1. The highest BCUT2D eigenvalue weighted by Gasteiger charge is 2.13. The lowest BCUT2D eigenvalue weighted by molar-refractivity contribution is 1.00. The van der Waals surface area contributed by atoms with Gasteiger partial charge in [0.1, 0.15) is 0 Å². The van der Waals surface area contributed by atoms with Crippen molar-refractivity contribution in [3.05, 3.63) is 58.7 Å². The van der Waals surface area contributed by atoms with Gasteiger partial charge in [0.25, 0.3) is 0 Å². The summed E-state index contributed by atoms with van der Waals surface area (Å²) in [7, 11) is 0. The van der Waals surface area contributed by atoms with Gasteiger partial charge in [-0.1, -0.05) is 24.3 Å². The number of halogens is 1. The first-order valence-corrected chi connectivity index (χ1v) is 6.96. The number of nitrogens with zero attached hydrogens (tertiary/aromatic N) is 1. The molecule has 2 aromatic rings. The Balaban J connectivity index is 0.00000200. The lowest BCUT2D eigenvalue weighted by Crippen LogP contribution is -2.18. The van der Waals surface area contributed by atoms with Crippen LogP contribution in [-0.4, -0.2) is 6.54 Å². The molecule has 0 fully saturated rings. The Morgan fingerprint density at radius 3 is 1.50 bits per heavy atom. The van der Waals surface area contributed by atoms with Crippen LogP contribution in [0, 0.1) is 27.7 Å². The van der Waals surface area contributed by atoms with Crippen LogP contribution < -0.4 is 4.90 Å². The van der Waals surface area contributed by atoms with E-state index in [1.54, 1.807) is 0 Å². The molecule has 0 spiro atoms. The molecule has 0 N–H and O–H groups in total. The van der Waals surface area contributed by atoms with E-state index in [0.29, 0.717) is 0 Å². The van der Waals surface area contributed by atoms with E-state index in [-0.39, 0.29) is 12.4 Å². The summed E-state index contributed by atoms with van der Waals surface area (Å²) < 4.78 is 0. The van der Waals surface area contributed by atoms with Crippen molar-refractivity contribution in [2.75, 3.05) is 11.4 Å². The SMILES string of the molecule is CCN(c1cccc(C)c1C)c1cccc(C)c1C.Cl. The Bertz CT molecular complexity index is 538. The predicted octanol–water partition coefficient (Wildman–Crippen LogP) is 5.50. The molecule has 0 aliphatic rings. The second kappa shape index (κ2) is 6.81. The summed E-state index contributed by atoms with van der Waals surface area (Å²) in [6.07, 6.45) is 0. The topological polar surface area (TPSA) is 3.24 Å². The fourth-order valence-electron chi connectivity index (χ4n) is 2.53. The largest absolute Gasteiger partial charge is 0.341 e. The van der Waals surface area contributed by atoms with Crippen LogP contribution in [0.4, 0.5) is 11.4 Å². The van der Waals surface area contributed by atoms with Gasteiger partial charge in [-0.25, -0.2) is 0 Å². The highest BCUT2D eigenvalue weighted by atomic mass is 35.5. The Kier molecular flexibility index (Phi) is 5.64. The normalized spacial score (nSPS) is 10.1. The summed E-state index contributed by atoms with van der Waals surface area (Å²) in [5.74, 6) is 0. The molecular weight excluding hydrogens is 266 g/mol. The van der Waals surface area contributed by atoms with Gasteiger partial charge < -0.3 is 4.90 Å². The molecule has 2 rings (SSSR count). The summed E-state index contributed by atoms with van der Waals surface area (Å²) in [6.45, 7) is 12.0. The van der Waals surface area contributed by atoms with E-state index in [1.807, 2.05) is 0 Å². The van der Waals surface area contributed by atoms with E-state index < -0.39 is 0 Å². The zero-order valence-electron chi connectivity index (χ0n) is 13.0. The van der Waals surface area contributed by atoms with Gasteiger partial charge in [0.15, 0.2) is 0 Å². The first kappa shape index (κ1) is 16.6. The molecule has 2 aromatic carbocycles. The van der Waals surface area contributed by atoms with Crippen molar-refractivity contribution in [1.29, 1.82) is 0 Å². The molecule has 108 valence electrons. The van der Waals surface area contributed by atoms with Crippen molar-refractivity contribution in [3.8, 4) is 0 Å². The van der Waals surface area contributed by atoms with Gasteiger partial charge in [-0.05, 0) is 69.0 Å². The van der Waals surface area contributed by atoms with E-state index in [0.717, 1.165) is 6.54 Å². The fraction of sp³-hybridized carbons (Fsp3) is 0.333. The number of anilines is 2. The molecule has 0 saturated heterocycles. The van der Waals surface area contributed by atoms with Crippen molar-refractivity contribution in [2.24, 2.45) is 0 Å². The number of rotatable bonds is 3. The first-order chi connectivity index (χ1) is 9.06. The molecule has 0 radical (unpaired) electrons. The lowest BCUT2D eigenvalue weighted by atomic mass is 10.0. The van der Waals surface area contributed by atoms with Crippen LogP contribution in [0.25, 0.3) is 0 Å². The minimum absolute atomic E-state index is 0. The lowest BCUT2D eigenvalue weighted by Gasteiger charge is -2.28. The minimum Gasteiger partial charge on any atom is -0.341 e. The third-order valence-corrected chi connectivity index (χ3v) is 4.05. The predicted molar refractivity (Wildman–Crippen MR) is 91.8 cm³/mol. The smallest absolute Gasteiger partial charge is 0.0443 e. The summed E-state index contributed by atoms with van der Waals surface area (Å²) in [5.41, 5.74) is 8.06. The number of benzene rings is 2. The maximum atomic E-state index is 2.41. The summed E-state index contributed by atoms with van der Waals surface area (Å²) in [4.78, 5) is 2.41. The molecule has 0 bridgehead atoms. The fourth-order valence-corrected chi connectivity index (χ4v) is 2.53. The first-order valence-electron chi connectivity index (χ1n) is 6.96. The molecular formula is C18H24ClN. The monoisotopic (exact) mass is 289 g/mol. The van der Waals surface area contributed by atoms with Gasteiger partial charge in [-0.15, -0.1) is 12.4 Å². The van der Waals surface area contributed by atoms with Gasteiger partial charge in [-0.3, -0.25) is 0 Å². The van der Waals surface area contributed by atoms with Crippen molar-refractivity contribution in [3.63, 3.8) is 0 Å². The van der Waals surface area contributed by atoms with E-state index in [1.165, 1.54) is 33.6 Å². The van der Waals surface area contributed by atoms with Gasteiger partial charge in [0.2, 0.25) is 0 Å². The van der Waals surface area contributed by atoms with Crippen molar-refractivity contribution >= 4 is 23.8 Å². The molecule has 0 aliphatic carbocycles. The molecule has 0 unspecified atom stereocenters. The molecule has 0 aromatic heterocycles. The molecule has 2 heteroatoms. The van der Waals surface area contributed by atoms with E-state index in [9.17, 15) is 0 Å². The average Bonchev–Trinajstić information content (AvgIpc) is 2.40. The zero-order valence-corrected chi connectivity index (χ0v) is 13.8. The van der Waals surface area contributed by atoms with E-state index in [2.05, 4.69) is 75.9 Å². The van der Waals surface area contributed by atoms with Crippen LogP contribution in [0.1, 0.15) is 29.2 Å². The van der Waals surface area contributed by atoms with E-state index in [4.69, 9.17) is 0 Å². The van der Waals surface area contributed by atoms with Crippen molar-refractivity contribution in [2.45, 2.75) is 34.6 Å². The third-order valence-electron chi connectivity index (χ3n) is 4.05. The Morgan fingerprint density at radius 1 is 0.750 bits per heavy atom. The van der Waals surface area contributed by atoms with Crippen LogP contribution in [0.3, 0.4) is 0 Å². The van der Waals surface area contributed by atoms with Crippen LogP contribution >= 0.6 is 12.4 Å². The molecule has 1 nitrogen and oxygen atoms in total. The Morgan fingerprint density at radius 2 is 1.15 bits per heavy atom. The molecule has 0 heterocycles. The summed E-state index contributed by atoms with van der Waals surface area (Å²) in [5, 5.41) is 0. The van der Waals surface area contributed by atoms with Crippen LogP contribution in [0.15, 0.2) is 36.4 Å². The Hall–Kier alpha value is -1.47. The second-order valence-electron chi connectivity index (χ2n) is 5.18. The van der Waals surface area contributed by atoms with Gasteiger partial charge in [-0.2, -0.15) is 0 Å². The summed E-state index contributed by atoms with van der Waals surface area (Å²) in [6, 6.07) is 13.1. The van der Waals surface area contributed by atoms with Gasteiger partial charge >= 0.3 is 0 Å². The highest BCUT2D eigenvalue weighted by Crippen LogP contribution is 2.32. The van der Waals surface area contributed by atoms with Crippen LogP contribution in [-0.2, 0) is 0 Å². The van der Waals surface area contributed by atoms with Crippen molar-refractivity contribution < 1.29 is 0 Å². The molecule has 20 heavy (non-hydrogen) atoms. The molecule has 0 atom stereocenters. The quantitative estimate of drug-likeness (QED) is 0.721. The molecule has 0 amide bonds. The third kappa shape index (κ3) is 2.99. The van der Waals surface area contributed by atoms with Crippen molar-refractivity contribution in [1.82, 2.24) is 0 Å². The maximum Gasteiger partial charge on any atom is 0.0443 e. The number of hydrogen-bond donors (Lipinski definition) is 0. The zero-order chi connectivity index (χ0) is 14.0. The summed E-state index contributed by atoms with van der Waals surface area (Å²) >= 11 is 0. The van der Waals surface area contributed by atoms with Crippen LogP contribution in [0.5, 0.6) is 0 Å². The standard InChI is InChI=1S/C18H23N.ClH/c1-6-19(17-11-7-9-13(2)15(17)4)18-12-8-10-14(3)16(18)5;/h7-12H,6H2,1-5H3;1H. The number of aryl methyl sites for hydroxylation is 2. The van der Waals surface area contributed by atoms with Gasteiger partial charge in [0, 0.05) is 17.9 Å². The highest BCUT2D eigenvalue weighted by molar-refractivity contribution is 5.85.